The standard InChI is InChI=1S/C8H11N5O/c1-14-3-2-9-8-10-4-6-7(13-8)12-5-11-6/h4-5H,2-3H2,1H3,(H2,9,10,11,12,13). The topological polar surface area (TPSA) is 75.7 Å². The van der Waals surface area contributed by atoms with Crippen molar-refractivity contribution in [2.75, 3.05) is 25.6 Å². The summed E-state index contributed by atoms with van der Waals surface area (Å²) in [4.78, 5) is 15.2. The van der Waals surface area contributed by atoms with E-state index in [1.165, 1.54) is 0 Å². The second-order valence-electron chi connectivity index (χ2n) is 2.75. The molecule has 6 heteroatoms. The van der Waals surface area contributed by atoms with Crippen LogP contribution in [0.15, 0.2) is 12.5 Å². The first kappa shape index (κ1) is 8.89. The summed E-state index contributed by atoms with van der Waals surface area (Å²) in [5, 5.41) is 3.03. The summed E-state index contributed by atoms with van der Waals surface area (Å²) in [6.07, 6.45) is 3.29. The van der Waals surface area contributed by atoms with Crippen molar-refractivity contribution in [3.05, 3.63) is 12.5 Å². The van der Waals surface area contributed by atoms with Gasteiger partial charge in [0.25, 0.3) is 0 Å². The fourth-order valence-corrected chi connectivity index (χ4v) is 1.09. The van der Waals surface area contributed by atoms with Crippen molar-refractivity contribution in [1.82, 2.24) is 19.9 Å². The van der Waals surface area contributed by atoms with E-state index in [9.17, 15) is 0 Å². The molecule has 0 saturated heterocycles. The van der Waals surface area contributed by atoms with Gasteiger partial charge in [-0.1, -0.05) is 0 Å². The van der Waals surface area contributed by atoms with Gasteiger partial charge in [0.2, 0.25) is 5.95 Å². The van der Waals surface area contributed by atoms with Crippen LogP contribution in [-0.2, 0) is 4.74 Å². The van der Waals surface area contributed by atoms with Crippen molar-refractivity contribution in [3.63, 3.8) is 0 Å². The van der Waals surface area contributed by atoms with Crippen LogP contribution < -0.4 is 5.32 Å². The third-order valence-corrected chi connectivity index (χ3v) is 1.76. The van der Waals surface area contributed by atoms with Gasteiger partial charge in [0.1, 0.15) is 5.52 Å². The van der Waals surface area contributed by atoms with Gasteiger partial charge in [0, 0.05) is 13.7 Å². The summed E-state index contributed by atoms with van der Waals surface area (Å²) in [5.41, 5.74) is 1.50. The molecule has 0 radical (unpaired) electrons. The number of methoxy groups -OCH3 is 1. The van der Waals surface area contributed by atoms with Crippen molar-refractivity contribution >= 4 is 17.1 Å². The summed E-state index contributed by atoms with van der Waals surface area (Å²) in [5.74, 6) is 0.571. The van der Waals surface area contributed by atoms with Crippen LogP contribution in [0.2, 0.25) is 0 Å². The number of hydrogen-bond acceptors (Lipinski definition) is 5. The highest BCUT2D eigenvalue weighted by Gasteiger charge is 1.99. The summed E-state index contributed by atoms with van der Waals surface area (Å²) in [7, 11) is 1.65. The minimum Gasteiger partial charge on any atom is -0.383 e. The average Bonchev–Trinajstić information content (AvgIpc) is 2.65. The molecule has 2 heterocycles. The SMILES string of the molecule is COCCNc1ncc2[nH]cnc2n1. The summed E-state index contributed by atoms with van der Waals surface area (Å²) in [6, 6.07) is 0. The molecular weight excluding hydrogens is 182 g/mol. The smallest absolute Gasteiger partial charge is 0.224 e. The lowest BCUT2D eigenvalue weighted by molar-refractivity contribution is 0.210. The number of aromatic amines is 1. The van der Waals surface area contributed by atoms with Crippen molar-refractivity contribution in [2.24, 2.45) is 0 Å². The molecule has 2 aromatic rings. The predicted octanol–water partition coefficient (Wildman–Crippen LogP) is 0.411. The number of ether oxygens (including phenoxy) is 1. The number of aromatic nitrogens is 4. The highest BCUT2D eigenvalue weighted by Crippen LogP contribution is 2.06. The Morgan fingerprint density at radius 1 is 1.50 bits per heavy atom. The van der Waals surface area contributed by atoms with E-state index in [0.29, 0.717) is 24.7 Å². The van der Waals surface area contributed by atoms with Crippen LogP contribution in [0.5, 0.6) is 0 Å². The molecule has 0 bridgehead atoms. The van der Waals surface area contributed by atoms with E-state index in [2.05, 4.69) is 25.3 Å². The normalized spacial score (nSPS) is 10.6. The third-order valence-electron chi connectivity index (χ3n) is 1.76. The maximum Gasteiger partial charge on any atom is 0.224 e. The Morgan fingerprint density at radius 2 is 2.43 bits per heavy atom. The van der Waals surface area contributed by atoms with Gasteiger partial charge in [0.15, 0.2) is 5.65 Å². The van der Waals surface area contributed by atoms with Gasteiger partial charge in [-0.2, -0.15) is 4.98 Å². The number of rotatable bonds is 4. The van der Waals surface area contributed by atoms with Gasteiger partial charge in [-0.3, -0.25) is 0 Å². The van der Waals surface area contributed by atoms with Crippen molar-refractivity contribution < 1.29 is 4.74 Å². The van der Waals surface area contributed by atoms with Crippen LogP contribution in [-0.4, -0.2) is 40.2 Å². The molecule has 2 aromatic heterocycles. The highest BCUT2D eigenvalue weighted by molar-refractivity contribution is 5.69. The Kier molecular flexibility index (Phi) is 2.55. The lowest BCUT2D eigenvalue weighted by Gasteiger charge is -2.02. The maximum absolute atomic E-state index is 4.90. The molecule has 0 aliphatic heterocycles. The Hall–Kier alpha value is -1.69. The van der Waals surface area contributed by atoms with Crippen molar-refractivity contribution in [1.29, 1.82) is 0 Å². The average molecular weight is 193 g/mol. The van der Waals surface area contributed by atoms with E-state index in [0.717, 1.165) is 5.52 Å². The first-order valence-corrected chi connectivity index (χ1v) is 4.29. The quantitative estimate of drug-likeness (QED) is 0.688. The van der Waals surface area contributed by atoms with E-state index in [-0.39, 0.29) is 0 Å². The summed E-state index contributed by atoms with van der Waals surface area (Å²) >= 11 is 0. The molecular formula is C8H11N5O. The summed E-state index contributed by atoms with van der Waals surface area (Å²) < 4.78 is 4.90. The van der Waals surface area contributed by atoms with Gasteiger partial charge >= 0.3 is 0 Å². The summed E-state index contributed by atoms with van der Waals surface area (Å²) in [6.45, 7) is 1.31. The van der Waals surface area contributed by atoms with Gasteiger partial charge in [-0.25, -0.2) is 9.97 Å². The van der Waals surface area contributed by atoms with Crippen molar-refractivity contribution in [2.45, 2.75) is 0 Å². The molecule has 0 saturated carbocycles. The molecule has 0 aliphatic carbocycles. The zero-order chi connectivity index (χ0) is 9.80. The minimum absolute atomic E-state index is 0.571. The first-order valence-electron chi connectivity index (χ1n) is 4.29. The molecule has 0 spiro atoms. The Labute approximate surface area is 80.7 Å². The predicted molar refractivity (Wildman–Crippen MR) is 52.0 cm³/mol. The number of imidazole rings is 1. The molecule has 14 heavy (non-hydrogen) atoms. The lowest BCUT2D eigenvalue weighted by atomic mass is 10.5. The van der Waals surface area contributed by atoms with Crippen LogP contribution in [0.3, 0.4) is 0 Å². The van der Waals surface area contributed by atoms with Crippen LogP contribution in [0, 0.1) is 0 Å². The van der Waals surface area contributed by atoms with Gasteiger partial charge in [0.05, 0.1) is 19.1 Å². The van der Waals surface area contributed by atoms with Crippen LogP contribution in [0.4, 0.5) is 5.95 Å². The van der Waals surface area contributed by atoms with Crippen LogP contribution in [0.1, 0.15) is 0 Å². The van der Waals surface area contributed by atoms with E-state index in [4.69, 9.17) is 4.74 Å². The van der Waals surface area contributed by atoms with Crippen molar-refractivity contribution in [3.8, 4) is 0 Å². The molecule has 6 nitrogen and oxygen atoms in total. The monoisotopic (exact) mass is 193 g/mol. The molecule has 0 aromatic carbocycles. The Morgan fingerprint density at radius 3 is 3.29 bits per heavy atom. The van der Waals surface area contributed by atoms with Gasteiger partial charge in [-0.15, -0.1) is 0 Å². The van der Waals surface area contributed by atoms with E-state index in [1.807, 2.05) is 0 Å². The Balaban J connectivity index is 2.10. The molecule has 0 atom stereocenters. The zero-order valence-corrected chi connectivity index (χ0v) is 7.82. The number of hydrogen-bond donors (Lipinski definition) is 2. The number of nitrogens with one attached hydrogen (secondary N) is 2. The lowest BCUT2D eigenvalue weighted by Crippen LogP contribution is -2.09. The highest BCUT2D eigenvalue weighted by atomic mass is 16.5. The molecule has 0 unspecified atom stereocenters. The minimum atomic E-state index is 0.571. The maximum atomic E-state index is 4.90. The fourth-order valence-electron chi connectivity index (χ4n) is 1.09. The third kappa shape index (κ3) is 1.80. The van der Waals surface area contributed by atoms with Gasteiger partial charge in [-0.05, 0) is 0 Å². The number of fused-ring (bicyclic) bond motifs is 1. The molecule has 0 aliphatic rings. The van der Waals surface area contributed by atoms with Crippen LogP contribution >= 0.6 is 0 Å². The van der Waals surface area contributed by atoms with E-state index < -0.39 is 0 Å². The first-order chi connectivity index (χ1) is 6.90. The Bertz CT molecular complexity index is 413. The number of anilines is 1. The molecule has 74 valence electrons. The van der Waals surface area contributed by atoms with E-state index >= 15 is 0 Å². The zero-order valence-electron chi connectivity index (χ0n) is 7.82. The second kappa shape index (κ2) is 4.01. The van der Waals surface area contributed by atoms with E-state index in [1.54, 1.807) is 19.6 Å². The molecule has 0 fully saturated rings. The second-order valence-corrected chi connectivity index (χ2v) is 2.75. The molecule has 0 amide bonds. The molecule has 2 N–H and O–H groups in total. The fraction of sp³-hybridized carbons (Fsp3) is 0.375. The van der Waals surface area contributed by atoms with Crippen LogP contribution in [0.25, 0.3) is 11.2 Å². The number of nitrogens with zero attached hydrogens (tertiary/aromatic N) is 3. The molecule has 2 rings (SSSR count). The van der Waals surface area contributed by atoms with Gasteiger partial charge < -0.3 is 15.0 Å². The number of H-pyrrole nitrogens is 1. The largest absolute Gasteiger partial charge is 0.383 e.